The van der Waals surface area contributed by atoms with Gasteiger partial charge in [-0.05, 0) is 30.7 Å². The number of para-hydroxylation sites is 2. The average Bonchev–Trinajstić information content (AvgIpc) is 2.64. The molecule has 0 heterocycles. The molecule has 0 aliphatic heterocycles. The van der Waals surface area contributed by atoms with E-state index >= 15 is 0 Å². The van der Waals surface area contributed by atoms with Crippen molar-refractivity contribution in [1.82, 2.24) is 4.90 Å². The molecule has 0 unspecified atom stereocenters. The molecule has 0 saturated carbocycles. The average molecular weight is 365 g/mol. The second-order valence-electron chi connectivity index (χ2n) is 5.38. The van der Waals surface area contributed by atoms with Crippen molar-refractivity contribution in [3.8, 4) is 11.5 Å². The number of halogens is 1. The third kappa shape index (κ3) is 6.64. The first kappa shape index (κ1) is 20.8. The van der Waals surface area contributed by atoms with Crippen molar-refractivity contribution in [3.05, 3.63) is 60.2 Å². The first-order valence-electron chi connectivity index (χ1n) is 8.02. The van der Waals surface area contributed by atoms with Crippen molar-refractivity contribution in [2.45, 2.75) is 13.0 Å². The summed E-state index contributed by atoms with van der Waals surface area (Å²) in [5.74, 6) is 1.10. The second-order valence-corrected chi connectivity index (χ2v) is 5.38. The monoisotopic (exact) mass is 364 g/mol. The molecular weight excluding hydrogens is 340 g/mol. The topological polar surface area (TPSA) is 64.8 Å². The number of rotatable bonds is 9. The van der Waals surface area contributed by atoms with Gasteiger partial charge in [0.05, 0.1) is 7.11 Å². The molecular formula is C19H25ClN2O3. The molecule has 25 heavy (non-hydrogen) atoms. The fourth-order valence-electron chi connectivity index (χ4n) is 2.35. The van der Waals surface area contributed by atoms with E-state index in [1.165, 1.54) is 0 Å². The number of hydrogen-bond acceptors (Lipinski definition) is 4. The lowest BCUT2D eigenvalue weighted by Crippen LogP contribution is -2.36. The van der Waals surface area contributed by atoms with E-state index in [1.807, 2.05) is 42.5 Å². The van der Waals surface area contributed by atoms with Crippen LogP contribution in [0.15, 0.2) is 54.6 Å². The molecule has 0 fully saturated rings. The van der Waals surface area contributed by atoms with Crippen LogP contribution < -0.4 is 15.2 Å². The summed E-state index contributed by atoms with van der Waals surface area (Å²) in [4.78, 5) is 14.3. The molecule has 0 saturated heterocycles. The summed E-state index contributed by atoms with van der Waals surface area (Å²) < 4.78 is 10.9. The Bertz CT molecular complexity index is 638. The van der Waals surface area contributed by atoms with Gasteiger partial charge >= 0.3 is 0 Å². The maximum atomic E-state index is 12.5. The maximum Gasteiger partial charge on any atom is 0.260 e. The van der Waals surface area contributed by atoms with Crippen LogP contribution in [0.2, 0.25) is 0 Å². The van der Waals surface area contributed by atoms with E-state index in [1.54, 1.807) is 24.1 Å². The number of nitrogens with zero attached hydrogens (tertiary/aromatic N) is 1. The van der Waals surface area contributed by atoms with E-state index < -0.39 is 0 Å². The molecule has 0 radical (unpaired) electrons. The number of methoxy groups -OCH3 is 1. The van der Waals surface area contributed by atoms with Gasteiger partial charge in [-0.1, -0.05) is 42.5 Å². The van der Waals surface area contributed by atoms with Crippen LogP contribution in [0.3, 0.4) is 0 Å². The Morgan fingerprint density at radius 3 is 2.32 bits per heavy atom. The van der Waals surface area contributed by atoms with Crippen molar-refractivity contribution in [2.75, 3.05) is 26.8 Å². The van der Waals surface area contributed by atoms with Crippen LogP contribution in [-0.4, -0.2) is 37.6 Å². The van der Waals surface area contributed by atoms with Gasteiger partial charge in [0.15, 0.2) is 18.1 Å². The molecule has 5 nitrogen and oxygen atoms in total. The van der Waals surface area contributed by atoms with Crippen LogP contribution in [0, 0.1) is 0 Å². The van der Waals surface area contributed by atoms with Crippen molar-refractivity contribution < 1.29 is 14.3 Å². The molecule has 2 aromatic rings. The standard InChI is InChI=1S/C19H24N2O3.ClH/c1-23-17-10-5-6-11-18(17)24-15-19(22)21(13-7-12-20)14-16-8-3-2-4-9-16;/h2-6,8-11H,7,12-15,20H2,1H3;1H. The van der Waals surface area contributed by atoms with Crippen molar-refractivity contribution in [3.63, 3.8) is 0 Å². The van der Waals surface area contributed by atoms with Gasteiger partial charge in [-0.3, -0.25) is 4.79 Å². The summed E-state index contributed by atoms with van der Waals surface area (Å²) in [5, 5.41) is 0. The predicted molar refractivity (Wildman–Crippen MR) is 101 cm³/mol. The van der Waals surface area contributed by atoms with Gasteiger partial charge in [0.1, 0.15) is 0 Å². The maximum absolute atomic E-state index is 12.5. The zero-order valence-corrected chi connectivity index (χ0v) is 15.2. The lowest BCUT2D eigenvalue weighted by molar-refractivity contribution is -0.134. The summed E-state index contributed by atoms with van der Waals surface area (Å²) in [6.45, 7) is 1.68. The Morgan fingerprint density at radius 1 is 1.04 bits per heavy atom. The molecule has 0 aliphatic rings. The molecule has 2 aromatic carbocycles. The van der Waals surface area contributed by atoms with Gasteiger partial charge in [-0.15, -0.1) is 12.4 Å². The third-order valence-corrected chi connectivity index (χ3v) is 3.62. The minimum absolute atomic E-state index is 0. The molecule has 136 valence electrons. The normalized spacial score (nSPS) is 9.84. The number of nitrogens with two attached hydrogens (primary N) is 1. The van der Waals surface area contributed by atoms with E-state index in [2.05, 4.69) is 0 Å². The zero-order valence-electron chi connectivity index (χ0n) is 14.4. The van der Waals surface area contributed by atoms with E-state index in [0.717, 1.165) is 12.0 Å². The van der Waals surface area contributed by atoms with Crippen LogP contribution >= 0.6 is 12.4 Å². The number of carbonyl (C=O) groups excluding carboxylic acids is 1. The van der Waals surface area contributed by atoms with Gasteiger partial charge < -0.3 is 20.1 Å². The van der Waals surface area contributed by atoms with Crippen LogP contribution in [0.4, 0.5) is 0 Å². The smallest absolute Gasteiger partial charge is 0.260 e. The minimum atomic E-state index is -0.0711. The fraction of sp³-hybridized carbons (Fsp3) is 0.316. The Labute approximate surface area is 155 Å². The number of amides is 1. The molecule has 2 rings (SSSR count). The van der Waals surface area contributed by atoms with Gasteiger partial charge in [-0.2, -0.15) is 0 Å². The SMILES string of the molecule is COc1ccccc1OCC(=O)N(CCCN)Cc1ccccc1.Cl. The number of benzene rings is 2. The number of carbonyl (C=O) groups is 1. The quantitative estimate of drug-likeness (QED) is 0.743. The Balaban J connectivity index is 0.00000312. The molecule has 2 N–H and O–H groups in total. The molecule has 1 amide bonds. The molecule has 0 aliphatic carbocycles. The van der Waals surface area contributed by atoms with E-state index in [0.29, 0.717) is 31.1 Å². The van der Waals surface area contributed by atoms with Crippen LogP contribution in [-0.2, 0) is 11.3 Å². The van der Waals surface area contributed by atoms with Gasteiger partial charge in [-0.25, -0.2) is 0 Å². The highest BCUT2D eigenvalue weighted by molar-refractivity contribution is 5.85. The van der Waals surface area contributed by atoms with E-state index in [9.17, 15) is 4.79 Å². The second kappa shape index (κ2) is 11.3. The summed E-state index contributed by atoms with van der Waals surface area (Å²) >= 11 is 0. The minimum Gasteiger partial charge on any atom is -0.493 e. The van der Waals surface area contributed by atoms with Crippen LogP contribution in [0.25, 0.3) is 0 Å². The summed E-state index contributed by atoms with van der Waals surface area (Å²) in [6.07, 6.45) is 0.757. The summed E-state index contributed by atoms with van der Waals surface area (Å²) in [6, 6.07) is 17.2. The van der Waals surface area contributed by atoms with Crippen LogP contribution in [0.1, 0.15) is 12.0 Å². The highest BCUT2D eigenvalue weighted by Gasteiger charge is 2.15. The number of ether oxygens (including phenoxy) is 2. The molecule has 0 atom stereocenters. The highest BCUT2D eigenvalue weighted by Crippen LogP contribution is 2.25. The zero-order chi connectivity index (χ0) is 17.2. The first-order valence-corrected chi connectivity index (χ1v) is 8.02. The van der Waals surface area contributed by atoms with Gasteiger partial charge in [0, 0.05) is 13.1 Å². The molecule has 0 spiro atoms. The van der Waals surface area contributed by atoms with Crippen LogP contribution in [0.5, 0.6) is 11.5 Å². The Morgan fingerprint density at radius 2 is 1.68 bits per heavy atom. The molecule has 0 aromatic heterocycles. The third-order valence-electron chi connectivity index (χ3n) is 3.62. The molecule has 6 heteroatoms. The van der Waals surface area contributed by atoms with Gasteiger partial charge in [0.2, 0.25) is 0 Å². The number of hydrogen-bond donors (Lipinski definition) is 1. The predicted octanol–water partition coefficient (Wildman–Crippen LogP) is 2.87. The Hall–Kier alpha value is -2.24. The van der Waals surface area contributed by atoms with Crippen molar-refractivity contribution in [2.24, 2.45) is 5.73 Å². The summed E-state index contributed by atoms with van der Waals surface area (Å²) in [7, 11) is 1.58. The fourth-order valence-corrected chi connectivity index (χ4v) is 2.35. The van der Waals surface area contributed by atoms with Crippen molar-refractivity contribution in [1.29, 1.82) is 0 Å². The van der Waals surface area contributed by atoms with E-state index in [4.69, 9.17) is 15.2 Å². The first-order chi connectivity index (χ1) is 11.7. The summed E-state index contributed by atoms with van der Waals surface area (Å²) in [5.41, 5.74) is 6.67. The van der Waals surface area contributed by atoms with E-state index in [-0.39, 0.29) is 24.9 Å². The lowest BCUT2D eigenvalue weighted by atomic mass is 10.2. The lowest BCUT2D eigenvalue weighted by Gasteiger charge is -2.23. The Kier molecular flexibility index (Phi) is 9.43. The van der Waals surface area contributed by atoms with Crippen molar-refractivity contribution >= 4 is 18.3 Å². The van der Waals surface area contributed by atoms with Gasteiger partial charge in [0.25, 0.3) is 5.91 Å². The molecule has 0 bridgehead atoms. The highest BCUT2D eigenvalue weighted by atomic mass is 35.5. The largest absolute Gasteiger partial charge is 0.493 e.